The maximum absolute atomic E-state index is 5.74. The second-order valence-electron chi connectivity index (χ2n) is 9.79. The molecule has 0 amide bonds. The number of rotatable bonds is 9. The van der Waals surface area contributed by atoms with Crippen LogP contribution in [-0.2, 0) is 0 Å². The summed E-state index contributed by atoms with van der Waals surface area (Å²) in [6.07, 6.45) is 19.3. The van der Waals surface area contributed by atoms with Gasteiger partial charge in [-0.25, -0.2) is 0 Å². The Balaban J connectivity index is 1.59. The normalized spacial score (nSPS) is 15.9. The zero-order valence-corrected chi connectivity index (χ0v) is 19.8. The second-order valence-corrected chi connectivity index (χ2v) is 9.79. The Hall–Kier alpha value is -2.65. The average molecular weight is 440 g/mol. The van der Waals surface area contributed by atoms with Crippen molar-refractivity contribution in [2.45, 2.75) is 76.2 Å². The van der Waals surface area contributed by atoms with Crippen LogP contribution in [0.1, 0.15) is 87.3 Å². The third-order valence-corrected chi connectivity index (χ3v) is 7.64. The summed E-state index contributed by atoms with van der Waals surface area (Å²) in [4.78, 5) is 4.67. The van der Waals surface area contributed by atoms with E-state index in [1.54, 1.807) is 0 Å². The van der Waals surface area contributed by atoms with Gasteiger partial charge in [-0.2, -0.15) is 0 Å². The number of fused-ring (bicyclic) bond motifs is 2. The van der Waals surface area contributed by atoms with Gasteiger partial charge in [0.05, 0.1) is 0 Å². The van der Waals surface area contributed by atoms with Crippen LogP contribution in [0.3, 0.4) is 0 Å². The Bertz CT molecular complexity index is 1180. The van der Waals surface area contributed by atoms with E-state index in [0.29, 0.717) is 12.0 Å². The molecule has 33 heavy (non-hydrogen) atoms. The molecule has 172 valence electrons. The predicted molar refractivity (Wildman–Crippen MR) is 140 cm³/mol. The molecule has 4 aromatic rings. The molecule has 0 bridgehead atoms. The zero-order valence-electron chi connectivity index (χ0n) is 19.8. The summed E-state index contributed by atoms with van der Waals surface area (Å²) in [6.45, 7) is 0.797. The van der Waals surface area contributed by atoms with Crippen LogP contribution in [0.4, 0.5) is 0 Å². The van der Waals surface area contributed by atoms with Crippen molar-refractivity contribution in [2.75, 3.05) is 6.54 Å². The molecule has 1 aliphatic rings. The lowest BCUT2D eigenvalue weighted by molar-refractivity contribution is 0.360. The minimum atomic E-state index is 0.358. The van der Waals surface area contributed by atoms with E-state index in [0.717, 1.165) is 19.4 Å². The fourth-order valence-electron chi connectivity index (χ4n) is 5.91. The Morgan fingerprint density at radius 1 is 0.818 bits per heavy atom. The molecule has 1 unspecified atom stereocenters. The average Bonchev–Trinajstić information content (AvgIpc) is 3.26. The van der Waals surface area contributed by atoms with Gasteiger partial charge in [0.25, 0.3) is 0 Å². The summed E-state index contributed by atoms with van der Waals surface area (Å²) >= 11 is 0. The molecule has 1 saturated carbocycles. The van der Waals surface area contributed by atoms with E-state index in [2.05, 4.69) is 70.5 Å². The number of nitrogens with two attached hydrogens (primary N) is 1. The summed E-state index contributed by atoms with van der Waals surface area (Å²) in [5, 5.41) is 4.00. The third kappa shape index (κ3) is 4.70. The molecule has 3 nitrogen and oxygen atoms in total. The van der Waals surface area contributed by atoms with Crippen molar-refractivity contribution >= 4 is 21.7 Å². The fourth-order valence-corrected chi connectivity index (χ4v) is 5.91. The van der Waals surface area contributed by atoms with E-state index in [1.165, 1.54) is 84.2 Å². The smallest absolute Gasteiger partial charge is 0.0485 e. The molecule has 3 heteroatoms. The number of aromatic nitrogens is 2. The quantitative estimate of drug-likeness (QED) is 0.271. The largest absolute Gasteiger partial charge is 0.344 e. The lowest BCUT2D eigenvalue weighted by Gasteiger charge is -2.24. The van der Waals surface area contributed by atoms with E-state index < -0.39 is 0 Å². The first-order chi connectivity index (χ1) is 16.4. The number of para-hydroxylation sites is 1. The van der Waals surface area contributed by atoms with Gasteiger partial charge < -0.3 is 10.3 Å². The van der Waals surface area contributed by atoms with Gasteiger partial charge in [-0.3, -0.25) is 4.98 Å². The standard InChI is InChI=1S/C30H37N3/c31-19-11-2-1-6-16-26(28-21-32-20-23-12-7-8-15-25(23)28)29-22-33(24-13-4-3-5-14-24)30-18-10-9-17-27(29)30/h7-10,12,15,17-18,20-22,24,26H,1-6,11,13-14,16,19,31H2. The summed E-state index contributed by atoms with van der Waals surface area (Å²) in [5.74, 6) is 0.358. The summed E-state index contributed by atoms with van der Waals surface area (Å²) < 4.78 is 2.61. The Kier molecular flexibility index (Phi) is 7.06. The van der Waals surface area contributed by atoms with Crippen LogP contribution in [0.15, 0.2) is 67.1 Å². The maximum atomic E-state index is 5.74. The van der Waals surface area contributed by atoms with Gasteiger partial charge in [-0.1, -0.05) is 81.0 Å². The SMILES string of the molecule is NCCCCCCC(c1cncc2ccccc12)c1cn(C2CCCCC2)c2ccccc12. The van der Waals surface area contributed by atoms with Crippen molar-refractivity contribution in [3.05, 3.63) is 78.2 Å². The van der Waals surface area contributed by atoms with Crippen LogP contribution in [0.5, 0.6) is 0 Å². The van der Waals surface area contributed by atoms with Gasteiger partial charge in [0.1, 0.15) is 0 Å². The second kappa shape index (κ2) is 10.5. The number of unbranched alkanes of at least 4 members (excludes halogenated alkanes) is 3. The van der Waals surface area contributed by atoms with Gasteiger partial charge in [-0.15, -0.1) is 0 Å². The van der Waals surface area contributed by atoms with Crippen LogP contribution in [0, 0.1) is 0 Å². The van der Waals surface area contributed by atoms with Crippen molar-refractivity contribution in [2.24, 2.45) is 5.73 Å². The molecule has 5 rings (SSSR count). The third-order valence-electron chi connectivity index (χ3n) is 7.64. The molecule has 0 aliphatic heterocycles. The highest BCUT2D eigenvalue weighted by molar-refractivity contribution is 5.89. The van der Waals surface area contributed by atoms with Crippen molar-refractivity contribution in [3.8, 4) is 0 Å². The Morgan fingerprint density at radius 2 is 1.58 bits per heavy atom. The van der Waals surface area contributed by atoms with Crippen LogP contribution < -0.4 is 5.73 Å². The van der Waals surface area contributed by atoms with E-state index in [-0.39, 0.29) is 0 Å². The minimum absolute atomic E-state index is 0.358. The van der Waals surface area contributed by atoms with Crippen LogP contribution in [-0.4, -0.2) is 16.1 Å². The minimum Gasteiger partial charge on any atom is -0.344 e. The highest BCUT2D eigenvalue weighted by Gasteiger charge is 2.24. The van der Waals surface area contributed by atoms with Crippen LogP contribution in [0.25, 0.3) is 21.7 Å². The highest BCUT2D eigenvalue weighted by Crippen LogP contribution is 2.41. The maximum Gasteiger partial charge on any atom is 0.0485 e. The molecule has 1 aliphatic carbocycles. The van der Waals surface area contributed by atoms with Crippen LogP contribution >= 0.6 is 0 Å². The van der Waals surface area contributed by atoms with Gasteiger partial charge in [0.15, 0.2) is 0 Å². The fraction of sp³-hybridized carbons (Fsp3) is 0.433. The zero-order chi connectivity index (χ0) is 22.5. The molecular formula is C30H37N3. The first-order valence-electron chi connectivity index (χ1n) is 13.0. The van der Waals surface area contributed by atoms with E-state index in [4.69, 9.17) is 5.73 Å². The summed E-state index contributed by atoms with van der Waals surface area (Å²) in [6, 6.07) is 18.4. The summed E-state index contributed by atoms with van der Waals surface area (Å²) in [7, 11) is 0. The highest BCUT2D eigenvalue weighted by atomic mass is 15.0. The molecule has 2 aromatic carbocycles. The molecule has 0 spiro atoms. The van der Waals surface area contributed by atoms with Crippen molar-refractivity contribution in [1.82, 2.24) is 9.55 Å². The number of benzene rings is 2. The van der Waals surface area contributed by atoms with Crippen molar-refractivity contribution < 1.29 is 0 Å². The molecule has 0 saturated heterocycles. The summed E-state index contributed by atoms with van der Waals surface area (Å²) in [5.41, 5.74) is 10.00. The number of pyridine rings is 1. The van der Waals surface area contributed by atoms with E-state index in [1.807, 2.05) is 6.20 Å². The lowest BCUT2D eigenvalue weighted by Crippen LogP contribution is -2.11. The van der Waals surface area contributed by atoms with Crippen LogP contribution in [0.2, 0.25) is 0 Å². The molecule has 2 N–H and O–H groups in total. The topological polar surface area (TPSA) is 43.8 Å². The van der Waals surface area contributed by atoms with Gasteiger partial charge in [0, 0.05) is 46.8 Å². The van der Waals surface area contributed by atoms with Gasteiger partial charge in [0.2, 0.25) is 0 Å². The predicted octanol–water partition coefficient (Wildman–Crippen LogP) is 7.74. The number of nitrogens with zero attached hydrogens (tertiary/aromatic N) is 2. The van der Waals surface area contributed by atoms with Gasteiger partial charge in [-0.05, 0) is 54.8 Å². The molecule has 1 fully saturated rings. The van der Waals surface area contributed by atoms with Gasteiger partial charge >= 0.3 is 0 Å². The first-order valence-corrected chi connectivity index (χ1v) is 13.0. The Labute approximate surface area is 198 Å². The van der Waals surface area contributed by atoms with E-state index in [9.17, 15) is 0 Å². The molecule has 0 radical (unpaired) electrons. The monoisotopic (exact) mass is 439 g/mol. The number of hydrogen-bond donors (Lipinski definition) is 1. The number of hydrogen-bond acceptors (Lipinski definition) is 2. The molecule has 2 heterocycles. The van der Waals surface area contributed by atoms with Crippen molar-refractivity contribution in [3.63, 3.8) is 0 Å². The van der Waals surface area contributed by atoms with Crippen molar-refractivity contribution in [1.29, 1.82) is 0 Å². The Morgan fingerprint density at radius 3 is 2.42 bits per heavy atom. The first kappa shape index (κ1) is 22.2. The molecule has 2 aromatic heterocycles. The molecular weight excluding hydrogens is 402 g/mol. The van der Waals surface area contributed by atoms with E-state index >= 15 is 0 Å². The lowest BCUT2D eigenvalue weighted by atomic mass is 9.85. The molecule has 1 atom stereocenters.